The van der Waals surface area contributed by atoms with E-state index in [1.807, 2.05) is 0 Å². The summed E-state index contributed by atoms with van der Waals surface area (Å²) in [5.41, 5.74) is -0.973. The molecule has 1 rings (SSSR count). The van der Waals surface area contributed by atoms with E-state index in [1.165, 1.54) is 7.05 Å². The van der Waals surface area contributed by atoms with E-state index in [-0.39, 0.29) is 19.4 Å². The number of carbonyl (C=O) groups is 4. The summed E-state index contributed by atoms with van der Waals surface area (Å²) in [5.74, 6) is -1.90. The van der Waals surface area contributed by atoms with Gasteiger partial charge in [0, 0.05) is 20.0 Å². The second-order valence-corrected chi connectivity index (χ2v) is 5.53. The van der Waals surface area contributed by atoms with E-state index in [1.54, 1.807) is 20.8 Å². The van der Waals surface area contributed by atoms with Gasteiger partial charge in [0.15, 0.2) is 0 Å². The van der Waals surface area contributed by atoms with Gasteiger partial charge in [0.25, 0.3) is 5.91 Å². The Kier molecular flexibility index (Phi) is 4.93. The van der Waals surface area contributed by atoms with Gasteiger partial charge in [-0.2, -0.15) is 0 Å². The van der Waals surface area contributed by atoms with Crippen molar-refractivity contribution in [1.82, 2.24) is 15.1 Å². The fourth-order valence-corrected chi connectivity index (χ4v) is 2.19. The van der Waals surface area contributed by atoms with Crippen molar-refractivity contribution in [3.63, 3.8) is 0 Å². The minimum Gasteiger partial charge on any atom is -0.480 e. The molecule has 1 aliphatic rings. The van der Waals surface area contributed by atoms with E-state index < -0.39 is 35.4 Å². The molecule has 0 spiro atoms. The Labute approximate surface area is 123 Å². The number of urea groups is 1. The monoisotopic (exact) mass is 299 g/mol. The molecule has 0 aromatic rings. The number of rotatable bonds is 6. The van der Waals surface area contributed by atoms with Crippen LogP contribution in [-0.4, -0.2) is 63.9 Å². The van der Waals surface area contributed by atoms with Crippen LogP contribution in [0.2, 0.25) is 0 Å². The molecule has 2 N–H and O–H groups in total. The van der Waals surface area contributed by atoms with Crippen LogP contribution in [0.25, 0.3) is 0 Å². The maximum absolute atomic E-state index is 12.0. The Morgan fingerprint density at radius 1 is 1.38 bits per heavy atom. The highest BCUT2D eigenvalue weighted by atomic mass is 16.4. The Balaban J connectivity index is 2.63. The number of carboxylic acid groups (broad SMARTS) is 1. The molecule has 8 heteroatoms. The molecule has 1 unspecified atom stereocenters. The normalized spacial score (nSPS) is 18.4. The van der Waals surface area contributed by atoms with Crippen molar-refractivity contribution in [1.29, 1.82) is 0 Å². The van der Waals surface area contributed by atoms with E-state index >= 15 is 0 Å². The molecule has 1 fully saturated rings. The van der Waals surface area contributed by atoms with Gasteiger partial charge < -0.3 is 15.3 Å². The van der Waals surface area contributed by atoms with Gasteiger partial charge in [-0.25, -0.2) is 9.59 Å². The summed E-state index contributed by atoms with van der Waals surface area (Å²) in [5, 5.41) is 11.5. The first-order valence-corrected chi connectivity index (χ1v) is 6.74. The smallest absolute Gasteiger partial charge is 0.326 e. The van der Waals surface area contributed by atoms with Crippen molar-refractivity contribution < 1.29 is 24.3 Å². The summed E-state index contributed by atoms with van der Waals surface area (Å²) in [6.45, 7) is 4.77. The van der Waals surface area contributed by atoms with E-state index in [0.29, 0.717) is 0 Å². The van der Waals surface area contributed by atoms with Gasteiger partial charge in [0.1, 0.15) is 11.6 Å². The summed E-state index contributed by atoms with van der Waals surface area (Å²) in [6, 6.07) is -1.44. The highest BCUT2D eigenvalue weighted by molar-refractivity contribution is 6.06. The van der Waals surface area contributed by atoms with Gasteiger partial charge in [-0.3, -0.25) is 14.5 Å². The van der Waals surface area contributed by atoms with Crippen molar-refractivity contribution in [3.8, 4) is 0 Å². The molecule has 1 atom stereocenters. The summed E-state index contributed by atoms with van der Waals surface area (Å²) in [6.07, 6.45) is 0.184. The summed E-state index contributed by atoms with van der Waals surface area (Å²) in [7, 11) is 1.40. The van der Waals surface area contributed by atoms with E-state index in [4.69, 9.17) is 5.11 Å². The number of imide groups is 1. The van der Waals surface area contributed by atoms with Crippen LogP contribution in [0.15, 0.2) is 0 Å². The standard InChI is InChI=1S/C13H21N3O5/c1-5-8(10(18)19)15(4)9(17)6-7-16-11(20)13(2,3)14-12(16)21/h8H,5-7H2,1-4H3,(H,14,21)(H,18,19). The van der Waals surface area contributed by atoms with Crippen molar-refractivity contribution in [2.24, 2.45) is 0 Å². The Bertz CT molecular complexity index is 474. The number of aliphatic carboxylic acids is 1. The summed E-state index contributed by atoms with van der Waals surface area (Å²) < 4.78 is 0. The van der Waals surface area contributed by atoms with Crippen LogP contribution in [0.1, 0.15) is 33.6 Å². The third-order valence-electron chi connectivity index (χ3n) is 3.53. The number of amides is 4. The first-order valence-electron chi connectivity index (χ1n) is 6.74. The zero-order valence-electron chi connectivity index (χ0n) is 12.7. The van der Waals surface area contributed by atoms with Crippen molar-refractivity contribution >= 4 is 23.8 Å². The lowest BCUT2D eigenvalue weighted by Gasteiger charge is -2.24. The fraction of sp³-hybridized carbons (Fsp3) is 0.692. The largest absolute Gasteiger partial charge is 0.480 e. The molecule has 0 saturated carbocycles. The quantitative estimate of drug-likeness (QED) is 0.673. The second-order valence-electron chi connectivity index (χ2n) is 5.53. The molecule has 4 amide bonds. The van der Waals surface area contributed by atoms with Crippen LogP contribution in [0, 0.1) is 0 Å². The van der Waals surface area contributed by atoms with Gasteiger partial charge in [-0.1, -0.05) is 6.92 Å². The number of carboxylic acids is 1. The minimum atomic E-state index is -1.08. The number of likely N-dealkylation sites (N-methyl/N-ethyl adjacent to an activating group) is 1. The highest BCUT2D eigenvalue weighted by Crippen LogP contribution is 2.17. The van der Waals surface area contributed by atoms with Crippen LogP contribution < -0.4 is 5.32 Å². The molecule has 0 aromatic carbocycles. The predicted octanol–water partition coefficient (Wildman–Crippen LogP) is 0.0285. The molecule has 0 radical (unpaired) electrons. The molecule has 0 aromatic heterocycles. The zero-order valence-corrected chi connectivity index (χ0v) is 12.7. The van der Waals surface area contributed by atoms with Gasteiger partial charge in [-0.15, -0.1) is 0 Å². The summed E-state index contributed by atoms with van der Waals surface area (Å²) >= 11 is 0. The van der Waals surface area contributed by atoms with Gasteiger partial charge in [0.05, 0.1) is 0 Å². The number of hydrogen-bond acceptors (Lipinski definition) is 4. The van der Waals surface area contributed by atoms with Gasteiger partial charge in [-0.05, 0) is 20.3 Å². The van der Waals surface area contributed by atoms with E-state index in [2.05, 4.69) is 5.32 Å². The van der Waals surface area contributed by atoms with Crippen LogP contribution in [0.5, 0.6) is 0 Å². The van der Waals surface area contributed by atoms with Gasteiger partial charge >= 0.3 is 12.0 Å². The molecule has 1 aliphatic heterocycles. The first-order chi connectivity index (χ1) is 9.61. The molecule has 8 nitrogen and oxygen atoms in total. The third kappa shape index (κ3) is 3.50. The molecule has 0 bridgehead atoms. The lowest BCUT2D eigenvalue weighted by atomic mass is 10.1. The Morgan fingerprint density at radius 2 is 1.95 bits per heavy atom. The number of hydrogen-bond donors (Lipinski definition) is 2. The summed E-state index contributed by atoms with van der Waals surface area (Å²) in [4.78, 5) is 48.7. The van der Waals surface area contributed by atoms with Crippen molar-refractivity contribution in [3.05, 3.63) is 0 Å². The average molecular weight is 299 g/mol. The molecule has 1 heterocycles. The van der Waals surface area contributed by atoms with Crippen molar-refractivity contribution in [2.45, 2.75) is 45.2 Å². The third-order valence-corrected chi connectivity index (χ3v) is 3.53. The number of nitrogens with one attached hydrogen (secondary N) is 1. The van der Waals surface area contributed by atoms with Crippen LogP contribution >= 0.6 is 0 Å². The molecule has 118 valence electrons. The highest BCUT2D eigenvalue weighted by Gasteiger charge is 2.44. The number of nitrogens with zero attached hydrogens (tertiary/aromatic N) is 2. The maximum Gasteiger partial charge on any atom is 0.326 e. The average Bonchev–Trinajstić information content (AvgIpc) is 2.56. The first kappa shape index (κ1) is 16.9. The van der Waals surface area contributed by atoms with E-state index in [9.17, 15) is 19.2 Å². The second kappa shape index (κ2) is 6.11. The van der Waals surface area contributed by atoms with Crippen LogP contribution in [0.4, 0.5) is 4.79 Å². The SMILES string of the molecule is CCC(C(=O)O)N(C)C(=O)CCN1C(=O)NC(C)(C)C1=O. The predicted molar refractivity (Wildman–Crippen MR) is 73.4 cm³/mol. The van der Waals surface area contributed by atoms with E-state index in [0.717, 1.165) is 9.80 Å². The molecule has 0 aliphatic carbocycles. The van der Waals surface area contributed by atoms with Gasteiger partial charge in [0.2, 0.25) is 5.91 Å². The topological polar surface area (TPSA) is 107 Å². The lowest BCUT2D eigenvalue weighted by Crippen LogP contribution is -2.44. The molecular formula is C13H21N3O5. The maximum atomic E-state index is 12.0. The number of carbonyl (C=O) groups excluding carboxylic acids is 3. The fourth-order valence-electron chi connectivity index (χ4n) is 2.19. The zero-order chi connectivity index (χ0) is 16.4. The molecule has 21 heavy (non-hydrogen) atoms. The molecular weight excluding hydrogens is 278 g/mol. The van der Waals surface area contributed by atoms with Crippen LogP contribution in [-0.2, 0) is 14.4 Å². The molecule has 1 saturated heterocycles. The van der Waals surface area contributed by atoms with Crippen molar-refractivity contribution in [2.75, 3.05) is 13.6 Å². The van der Waals surface area contributed by atoms with Crippen LogP contribution in [0.3, 0.4) is 0 Å². The minimum absolute atomic E-state index is 0.0622. The Morgan fingerprint density at radius 3 is 2.33 bits per heavy atom. The lowest BCUT2D eigenvalue weighted by molar-refractivity contribution is -0.149. The Hall–Kier alpha value is -2.12.